The molecule has 0 saturated carbocycles. The molecule has 5 heteroatoms. The number of ketones is 1. The number of carboxylic acids is 1. The average Bonchev–Trinajstić information content (AvgIpc) is 3.02. The standard InChI is InChI=1S/C15H15NO4/c1-8-7-11-10(15(18)19)5-6-16(11)13(8)14(17)12-4-3-9(2)20-12/h3-4,7,10H,5-6H2,1-2H3,(H,18,19). The van der Waals surface area contributed by atoms with Crippen molar-refractivity contribution in [3.63, 3.8) is 0 Å². The van der Waals surface area contributed by atoms with Crippen molar-refractivity contribution in [2.24, 2.45) is 0 Å². The second-order valence-electron chi connectivity index (χ2n) is 5.17. The van der Waals surface area contributed by atoms with Crippen molar-refractivity contribution < 1.29 is 19.1 Å². The number of carboxylic acid groups (broad SMARTS) is 1. The zero-order valence-corrected chi connectivity index (χ0v) is 11.3. The third kappa shape index (κ3) is 1.78. The van der Waals surface area contributed by atoms with Crippen molar-refractivity contribution in [3.8, 4) is 0 Å². The highest BCUT2D eigenvalue weighted by molar-refractivity contribution is 6.07. The second kappa shape index (κ2) is 4.37. The molecule has 0 aliphatic carbocycles. The normalized spacial score (nSPS) is 17.2. The summed E-state index contributed by atoms with van der Waals surface area (Å²) in [5, 5.41) is 9.20. The van der Waals surface area contributed by atoms with E-state index in [9.17, 15) is 14.7 Å². The number of nitrogens with zero attached hydrogens (tertiary/aromatic N) is 1. The van der Waals surface area contributed by atoms with Crippen molar-refractivity contribution in [3.05, 3.63) is 46.7 Å². The number of furan rings is 1. The quantitative estimate of drug-likeness (QED) is 0.872. The van der Waals surface area contributed by atoms with Gasteiger partial charge in [0.25, 0.3) is 0 Å². The Balaban J connectivity index is 2.06. The lowest BCUT2D eigenvalue weighted by Gasteiger charge is -2.05. The molecule has 1 unspecified atom stereocenters. The van der Waals surface area contributed by atoms with Crippen molar-refractivity contribution in [1.82, 2.24) is 4.57 Å². The van der Waals surface area contributed by atoms with Gasteiger partial charge >= 0.3 is 5.97 Å². The number of fused-ring (bicyclic) bond motifs is 1. The number of carbonyl (C=O) groups excluding carboxylic acids is 1. The van der Waals surface area contributed by atoms with Crippen LogP contribution in [0.2, 0.25) is 0 Å². The van der Waals surface area contributed by atoms with Crippen LogP contribution in [0.5, 0.6) is 0 Å². The first kappa shape index (κ1) is 12.7. The van der Waals surface area contributed by atoms with Gasteiger partial charge in [-0.3, -0.25) is 9.59 Å². The van der Waals surface area contributed by atoms with E-state index < -0.39 is 11.9 Å². The summed E-state index contributed by atoms with van der Waals surface area (Å²) in [6.45, 7) is 4.17. The first-order chi connectivity index (χ1) is 9.49. The largest absolute Gasteiger partial charge is 0.481 e. The van der Waals surface area contributed by atoms with Crippen LogP contribution in [0.4, 0.5) is 0 Å². The minimum absolute atomic E-state index is 0.187. The number of hydrogen-bond acceptors (Lipinski definition) is 3. The van der Waals surface area contributed by atoms with E-state index in [1.807, 2.05) is 11.5 Å². The Kier molecular flexibility index (Phi) is 2.78. The first-order valence-electron chi connectivity index (χ1n) is 6.53. The summed E-state index contributed by atoms with van der Waals surface area (Å²) in [5.41, 5.74) is 2.05. The fourth-order valence-electron chi connectivity index (χ4n) is 2.87. The number of carbonyl (C=O) groups is 2. The molecule has 3 heterocycles. The van der Waals surface area contributed by atoms with Crippen molar-refractivity contribution in [1.29, 1.82) is 0 Å². The monoisotopic (exact) mass is 273 g/mol. The topological polar surface area (TPSA) is 72.4 Å². The van der Waals surface area contributed by atoms with Crippen LogP contribution in [0.25, 0.3) is 0 Å². The van der Waals surface area contributed by atoms with Crippen LogP contribution in [0.3, 0.4) is 0 Å². The molecule has 0 saturated heterocycles. The van der Waals surface area contributed by atoms with Crippen molar-refractivity contribution >= 4 is 11.8 Å². The van der Waals surface area contributed by atoms with Crippen LogP contribution in [0, 0.1) is 13.8 Å². The lowest BCUT2D eigenvalue weighted by Crippen LogP contribution is -2.10. The Bertz CT molecular complexity index is 708. The highest BCUT2D eigenvalue weighted by atomic mass is 16.4. The number of rotatable bonds is 3. The highest BCUT2D eigenvalue weighted by Gasteiger charge is 2.33. The molecule has 1 N–H and O–H groups in total. The van der Waals surface area contributed by atoms with Crippen LogP contribution in [-0.2, 0) is 11.3 Å². The molecule has 1 aliphatic rings. The Morgan fingerprint density at radius 3 is 2.70 bits per heavy atom. The van der Waals surface area contributed by atoms with Crippen molar-refractivity contribution in [2.75, 3.05) is 0 Å². The number of hydrogen-bond donors (Lipinski definition) is 1. The summed E-state index contributed by atoms with van der Waals surface area (Å²) in [5.74, 6) is -0.566. The molecule has 20 heavy (non-hydrogen) atoms. The Morgan fingerprint density at radius 1 is 1.35 bits per heavy atom. The minimum Gasteiger partial charge on any atom is -0.481 e. The van der Waals surface area contributed by atoms with Gasteiger partial charge in [0.1, 0.15) is 5.76 Å². The van der Waals surface area contributed by atoms with Crippen LogP contribution in [0.15, 0.2) is 22.6 Å². The fraction of sp³-hybridized carbons (Fsp3) is 0.333. The summed E-state index contributed by atoms with van der Waals surface area (Å²) in [6, 6.07) is 5.20. The second-order valence-corrected chi connectivity index (χ2v) is 5.17. The number of aliphatic carboxylic acids is 1. The molecule has 0 spiro atoms. The maximum absolute atomic E-state index is 12.5. The summed E-state index contributed by atoms with van der Waals surface area (Å²) in [7, 11) is 0. The molecule has 0 aromatic carbocycles. The van der Waals surface area contributed by atoms with Gasteiger partial charge in [-0.2, -0.15) is 0 Å². The fourth-order valence-corrected chi connectivity index (χ4v) is 2.87. The summed E-state index contributed by atoms with van der Waals surface area (Å²) < 4.78 is 7.19. The molecular formula is C15H15NO4. The Morgan fingerprint density at radius 2 is 2.10 bits per heavy atom. The van der Waals surface area contributed by atoms with Gasteiger partial charge in [-0.1, -0.05) is 0 Å². The van der Waals surface area contributed by atoms with E-state index in [2.05, 4.69) is 0 Å². The molecule has 2 aromatic rings. The SMILES string of the molecule is Cc1ccc(C(=O)c2c(C)cc3n2CCC3C(=O)O)o1. The molecule has 104 valence electrons. The minimum atomic E-state index is -0.839. The van der Waals surface area contributed by atoms with Gasteiger partial charge < -0.3 is 14.1 Å². The van der Waals surface area contributed by atoms with Crippen LogP contribution < -0.4 is 0 Å². The van der Waals surface area contributed by atoms with Crippen LogP contribution in [0.1, 0.15) is 45.6 Å². The van der Waals surface area contributed by atoms with E-state index in [1.54, 1.807) is 25.1 Å². The van der Waals surface area contributed by atoms with E-state index in [0.717, 1.165) is 5.56 Å². The van der Waals surface area contributed by atoms with E-state index >= 15 is 0 Å². The Labute approximate surface area is 115 Å². The van der Waals surface area contributed by atoms with Gasteiger partial charge in [-0.15, -0.1) is 0 Å². The molecule has 0 amide bonds. The maximum atomic E-state index is 12.5. The molecule has 3 rings (SSSR count). The average molecular weight is 273 g/mol. The zero-order valence-electron chi connectivity index (χ0n) is 11.3. The molecule has 0 radical (unpaired) electrons. The zero-order chi connectivity index (χ0) is 14.4. The lowest BCUT2D eigenvalue weighted by atomic mass is 10.0. The van der Waals surface area contributed by atoms with Gasteiger partial charge in [0.15, 0.2) is 5.76 Å². The van der Waals surface area contributed by atoms with Crippen molar-refractivity contribution in [2.45, 2.75) is 32.7 Å². The van der Waals surface area contributed by atoms with Gasteiger partial charge in [0.05, 0.1) is 11.6 Å². The van der Waals surface area contributed by atoms with Gasteiger partial charge in [-0.05, 0) is 44.0 Å². The third-order valence-corrected chi connectivity index (χ3v) is 3.80. The third-order valence-electron chi connectivity index (χ3n) is 3.80. The Hall–Kier alpha value is -2.30. The summed E-state index contributed by atoms with van der Waals surface area (Å²) >= 11 is 0. The predicted molar refractivity (Wildman–Crippen MR) is 71.0 cm³/mol. The summed E-state index contributed by atoms with van der Waals surface area (Å²) in [6.07, 6.45) is 0.530. The smallest absolute Gasteiger partial charge is 0.312 e. The molecule has 1 aliphatic heterocycles. The number of aromatic nitrogens is 1. The molecule has 2 aromatic heterocycles. The molecule has 5 nitrogen and oxygen atoms in total. The molecule has 0 bridgehead atoms. The van der Waals surface area contributed by atoms with E-state index in [4.69, 9.17) is 4.42 Å². The molecule has 0 fully saturated rings. The van der Waals surface area contributed by atoms with Crippen LogP contribution in [-0.4, -0.2) is 21.4 Å². The first-order valence-corrected chi connectivity index (χ1v) is 6.53. The predicted octanol–water partition coefficient (Wildman–Crippen LogP) is 2.50. The number of aryl methyl sites for hydroxylation is 2. The van der Waals surface area contributed by atoms with E-state index in [-0.39, 0.29) is 5.78 Å². The lowest BCUT2D eigenvalue weighted by molar-refractivity contribution is -0.138. The van der Waals surface area contributed by atoms with E-state index in [0.29, 0.717) is 35.9 Å². The van der Waals surface area contributed by atoms with Gasteiger partial charge in [0, 0.05) is 12.2 Å². The molecule has 1 atom stereocenters. The van der Waals surface area contributed by atoms with Crippen LogP contribution >= 0.6 is 0 Å². The van der Waals surface area contributed by atoms with Gasteiger partial charge in [-0.25, -0.2) is 0 Å². The summed E-state index contributed by atoms with van der Waals surface area (Å²) in [4.78, 5) is 23.7. The van der Waals surface area contributed by atoms with Gasteiger partial charge in [0.2, 0.25) is 5.78 Å². The maximum Gasteiger partial charge on any atom is 0.312 e. The van der Waals surface area contributed by atoms with E-state index in [1.165, 1.54) is 0 Å². The highest BCUT2D eigenvalue weighted by Crippen LogP contribution is 2.33. The molecular weight excluding hydrogens is 258 g/mol.